The molecule has 4 rings (SSSR count). The number of carbonyl (C=O) groups is 1. The maximum absolute atomic E-state index is 13.8. The van der Waals surface area contributed by atoms with Gasteiger partial charge in [-0.25, -0.2) is 21.5 Å². The first-order chi connectivity index (χ1) is 13.3. The molecule has 0 N–H and O–H groups in total. The van der Waals surface area contributed by atoms with Crippen molar-refractivity contribution in [3.63, 3.8) is 0 Å². The van der Waals surface area contributed by atoms with Gasteiger partial charge in [-0.1, -0.05) is 12.1 Å². The van der Waals surface area contributed by atoms with E-state index in [1.54, 1.807) is 12.1 Å². The minimum Gasteiger partial charge on any atom is -0.336 e. The van der Waals surface area contributed by atoms with E-state index >= 15 is 0 Å². The van der Waals surface area contributed by atoms with E-state index in [0.717, 1.165) is 24.8 Å². The van der Waals surface area contributed by atoms with Gasteiger partial charge in [0.2, 0.25) is 10.0 Å². The number of nitrogens with zero attached hydrogens (tertiary/aromatic N) is 2. The van der Waals surface area contributed by atoms with Gasteiger partial charge >= 0.3 is 0 Å². The minimum atomic E-state index is -3.53. The summed E-state index contributed by atoms with van der Waals surface area (Å²) in [5.74, 6) is -1.89. The van der Waals surface area contributed by atoms with Crippen molar-refractivity contribution in [1.29, 1.82) is 0 Å². The summed E-state index contributed by atoms with van der Waals surface area (Å²) in [6, 6.07) is 6.20. The van der Waals surface area contributed by atoms with Gasteiger partial charge < -0.3 is 4.90 Å². The van der Waals surface area contributed by atoms with Crippen LogP contribution in [0, 0.1) is 17.7 Å². The number of halogens is 2. The number of piperidine rings is 1. The van der Waals surface area contributed by atoms with E-state index in [-0.39, 0.29) is 11.9 Å². The molecule has 0 aromatic heterocycles. The van der Waals surface area contributed by atoms with E-state index in [1.165, 1.54) is 34.5 Å². The molecule has 1 saturated carbocycles. The average Bonchev–Trinajstić information content (AvgIpc) is 2.65. The van der Waals surface area contributed by atoms with Gasteiger partial charge in [0.05, 0.1) is 5.25 Å². The molecule has 1 amide bonds. The zero-order valence-electron chi connectivity index (χ0n) is 15.7. The monoisotopic (exact) mass is 410 g/mol. The molecule has 1 aromatic carbocycles. The van der Waals surface area contributed by atoms with Gasteiger partial charge in [-0.3, -0.25) is 4.79 Å². The highest BCUT2D eigenvalue weighted by Gasteiger charge is 2.54. The Morgan fingerprint density at radius 3 is 2.39 bits per heavy atom. The number of sulfonamides is 1. The van der Waals surface area contributed by atoms with Crippen LogP contribution in [0.15, 0.2) is 36.2 Å². The minimum absolute atomic E-state index is 0.234. The quantitative estimate of drug-likeness (QED) is 0.766. The molecule has 0 bridgehead atoms. The summed E-state index contributed by atoms with van der Waals surface area (Å²) < 4.78 is 54.5. The molecule has 8 heteroatoms. The van der Waals surface area contributed by atoms with Crippen molar-refractivity contribution in [3.05, 3.63) is 47.5 Å². The van der Waals surface area contributed by atoms with Gasteiger partial charge in [-0.2, -0.15) is 0 Å². The molecule has 1 saturated heterocycles. The second-order valence-corrected chi connectivity index (χ2v) is 10.2. The van der Waals surface area contributed by atoms with Crippen molar-refractivity contribution < 1.29 is 22.0 Å². The van der Waals surface area contributed by atoms with Gasteiger partial charge in [-0.05, 0) is 55.4 Å². The first kappa shape index (κ1) is 19.5. The summed E-state index contributed by atoms with van der Waals surface area (Å²) in [5, 5.41) is -0.660. The van der Waals surface area contributed by atoms with Crippen LogP contribution in [0.1, 0.15) is 24.8 Å². The number of hydrogen-bond acceptors (Lipinski definition) is 3. The van der Waals surface area contributed by atoms with Crippen LogP contribution in [-0.4, -0.2) is 55.0 Å². The number of amides is 1. The van der Waals surface area contributed by atoms with E-state index in [4.69, 9.17) is 0 Å². The largest absolute Gasteiger partial charge is 0.336 e. The molecule has 0 radical (unpaired) electrons. The smallest absolute Gasteiger partial charge is 0.282 e. The highest BCUT2D eigenvalue weighted by Crippen LogP contribution is 2.43. The number of carbonyl (C=O) groups excluding carboxylic acids is 1. The Kier molecular flexibility index (Phi) is 5.03. The zero-order valence-corrected chi connectivity index (χ0v) is 16.5. The lowest BCUT2D eigenvalue weighted by atomic mass is 9.75. The van der Waals surface area contributed by atoms with E-state index in [0.29, 0.717) is 25.4 Å². The Morgan fingerprint density at radius 1 is 1.11 bits per heavy atom. The average molecular weight is 410 g/mol. The van der Waals surface area contributed by atoms with E-state index in [1.807, 2.05) is 0 Å². The van der Waals surface area contributed by atoms with E-state index < -0.39 is 32.9 Å². The van der Waals surface area contributed by atoms with Crippen LogP contribution in [-0.2, 0) is 21.2 Å². The molecular weight excluding hydrogens is 386 g/mol. The third kappa shape index (κ3) is 3.37. The summed E-state index contributed by atoms with van der Waals surface area (Å²) >= 11 is 0. The van der Waals surface area contributed by atoms with Crippen molar-refractivity contribution in [2.75, 3.05) is 20.1 Å². The molecule has 28 heavy (non-hydrogen) atoms. The highest BCUT2D eigenvalue weighted by molar-refractivity contribution is 7.89. The Morgan fingerprint density at radius 2 is 1.75 bits per heavy atom. The van der Waals surface area contributed by atoms with Crippen molar-refractivity contribution in [2.24, 2.45) is 11.8 Å². The summed E-state index contributed by atoms with van der Waals surface area (Å²) in [6.45, 7) is 0.895. The molecule has 2 heterocycles. The Hall–Kier alpha value is -1.80. The number of fused-ring (bicyclic) bond motifs is 1. The topological polar surface area (TPSA) is 57.7 Å². The first-order valence-corrected chi connectivity index (χ1v) is 11.2. The lowest BCUT2D eigenvalue weighted by Crippen LogP contribution is -2.62. The lowest BCUT2D eigenvalue weighted by Gasteiger charge is -2.50. The molecule has 0 unspecified atom stereocenters. The molecule has 1 aromatic rings. The predicted octanol–water partition coefficient (Wildman–Crippen LogP) is 2.49. The maximum atomic E-state index is 13.8. The van der Waals surface area contributed by atoms with Gasteiger partial charge in [0.1, 0.15) is 5.82 Å². The second kappa shape index (κ2) is 7.22. The van der Waals surface area contributed by atoms with Gasteiger partial charge in [-0.15, -0.1) is 0 Å². The summed E-state index contributed by atoms with van der Waals surface area (Å²) in [7, 11) is -2.00. The van der Waals surface area contributed by atoms with Gasteiger partial charge in [0.25, 0.3) is 5.91 Å². The number of hydrogen-bond donors (Lipinski definition) is 0. The Balaban J connectivity index is 1.38. The highest BCUT2D eigenvalue weighted by atomic mass is 32.2. The third-order valence-electron chi connectivity index (χ3n) is 6.46. The summed E-state index contributed by atoms with van der Waals surface area (Å²) in [5.41, 5.74) is 1.06. The van der Waals surface area contributed by atoms with Crippen molar-refractivity contribution in [3.8, 4) is 0 Å². The standard InChI is InChI=1S/C20H24F2N2O3S/c1-23-18-12-19(16(18)11-17(22)20(23)25)28(26,27)24-8-6-14(7-9-24)10-13-2-4-15(21)5-3-13/h2-5,11,14,16,18-19H,6-10,12H2,1H3/t16-,18-,19-/m1/s1. The summed E-state index contributed by atoms with van der Waals surface area (Å²) in [6.07, 6.45) is 3.86. The number of benzene rings is 1. The Bertz CT molecular complexity index is 893. The Labute approximate surface area is 164 Å². The number of likely N-dealkylation sites (N-methyl/N-ethyl adjacent to an activating group) is 1. The van der Waals surface area contributed by atoms with Gasteiger partial charge in [0.15, 0.2) is 5.83 Å². The van der Waals surface area contributed by atoms with Crippen LogP contribution in [0.2, 0.25) is 0 Å². The lowest BCUT2D eigenvalue weighted by molar-refractivity contribution is -0.133. The zero-order chi connectivity index (χ0) is 20.1. The van der Waals surface area contributed by atoms with Crippen LogP contribution >= 0.6 is 0 Å². The molecular formula is C20H24F2N2O3S. The fourth-order valence-electron chi connectivity index (χ4n) is 4.63. The number of rotatable bonds is 4. The van der Waals surface area contributed by atoms with Crippen LogP contribution in [0.5, 0.6) is 0 Å². The fraction of sp³-hybridized carbons (Fsp3) is 0.550. The fourth-order valence-corrected chi connectivity index (χ4v) is 6.83. The molecule has 3 atom stereocenters. The molecule has 2 aliphatic heterocycles. The predicted molar refractivity (Wildman–Crippen MR) is 101 cm³/mol. The molecule has 152 valence electrons. The van der Waals surface area contributed by atoms with E-state index in [9.17, 15) is 22.0 Å². The van der Waals surface area contributed by atoms with Crippen molar-refractivity contribution in [1.82, 2.24) is 9.21 Å². The molecule has 2 fully saturated rings. The van der Waals surface area contributed by atoms with Crippen LogP contribution < -0.4 is 0 Å². The molecule has 1 aliphatic carbocycles. The molecule has 3 aliphatic rings. The van der Waals surface area contributed by atoms with Crippen molar-refractivity contribution in [2.45, 2.75) is 37.0 Å². The normalized spacial score (nSPS) is 29.2. The maximum Gasteiger partial charge on any atom is 0.282 e. The molecule has 0 spiro atoms. The molecule has 5 nitrogen and oxygen atoms in total. The SMILES string of the molecule is CN1C(=O)C(F)=C[C@@H]2[C@H]1C[C@H]2S(=O)(=O)N1CCC(Cc2ccc(F)cc2)CC1. The van der Waals surface area contributed by atoms with Gasteiger partial charge in [0, 0.05) is 32.1 Å². The van der Waals surface area contributed by atoms with Crippen LogP contribution in [0.4, 0.5) is 8.78 Å². The van der Waals surface area contributed by atoms with Crippen LogP contribution in [0.25, 0.3) is 0 Å². The van der Waals surface area contributed by atoms with Crippen LogP contribution in [0.3, 0.4) is 0 Å². The van der Waals surface area contributed by atoms with E-state index in [2.05, 4.69) is 0 Å². The summed E-state index contributed by atoms with van der Waals surface area (Å²) in [4.78, 5) is 13.0. The third-order valence-corrected chi connectivity index (χ3v) is 8.82. The van der Waals surface area contributed by atoms with Crippen molar-refractivity contribution >= 4 is 15.9 Å². The second-order valence-electron chi connectivity index (χ2n) is 8.07. The first-order valence-electron chi connectivity index (χ1n) is 9.65.